The highest BCUT2D eigenvalue weighted by Crippen LogP contribution is 2.14. The van der Waals surface area contributed by atoms with Gasteiger partial charge in [-0.05, 0) is 45.8 Å². The second-order valence-corrected chi connectivity index (χ2v) is 4.83. The lowest BCUT2D eigenvalue weighted by Crippen LogP contribution is -2.13. The van der Waals surface area contributed by atoms with Crippen molar-refractivity contribution in [3.8, 4) is 0 Å². The summed E-state index contributed by atoms with van der Waals surface area (Å²) in [7, 11) is 0. The van der Waals surface area contributed by atoms with Crippen molar-refractivity contribution in [1.82, 2.24) is 4.98 Å². The molecular formula is C13H10BrClN2O. The van der Waals surface area contributed by atoms with Crippen LogP contribution >= 0.6 is 27.5 Å². The molecule has 0 atom stereocenters. The van der Waals surface area contributed by atoms with Crippen molar-refractivity contribution >= 4 is 39.1 Å². The van der Waals surface area contributed by atoms with Crippen molar-refractivity contribution < 1.29 is 4.79 Å². The predicted molar refractivity (Wildman–Crippen MR) is 75.9 cm³/mol. The van der Waals surface area contributed by atoms with E-state index in [2.05, 4.69) is 26.2 Å². The molecule has 0 radical (unpaired) electrons. The molecule has 1 aromatic carbocycles. The number of carbonyl (C=O) groups excluding carboxylic acids is 1. The quantitative estimate of drug-likeness (QED) is 0.871. The lowest BCUT2D eigenvalue weighted by molar-refractivity contribution is 0.102. The van der Waals surface area contributed by atoms with E-state index in [4.69, 9.17) is 11.6 Å². The number of nitrogens with zero attached hydrogens (tertiary/aromatic N) is 1. The van der Waals surface area contributed by atoms with Gasteiger partial charge in [-0.2, -0.15) is 0 Å². The largest absolute Gasteiger partial charge is 0.321 e. The van der Waals surface area contributed by atoms with Gasteiger partial charge in [-0.1, -0.05) is 12.1 Å². The summed E-state index contributed by atoms with van der Waals surface area (Å²) in [6, 6.07) is 10.8. The van der Waals surface area contributed by atoms with Gasteiger partial charge in [-0.25, -0.2) is 4.98 Å². The number of pyridine rings is 1. The van der Waals surface area contributed by atoms with Crippen LogP contribution in [0.5, 0.6) is 0 Å². The maximum absolute atomic E-state index is 11.9. The van der Waals surface area contributed by atoms with Crippen molar-refractivity contribution in [3.05, 3.63) is 58.3 Å². The zero-order valence-electron chi connectivity index (χ0n) is 9.36. The molecule has 0 bridgehead atoms. The lowest BCUT2D eigenvalue weighted by atomic mass is 10.2. The first kappa shape index (κ1) is 13.1. The highest BCUT2D eigenvalue weighted by Gasteiger charge is 2.07. The summed E-state index contributed by atoms with van der Waals surface area (Å²) >= 11 is 9.01. The van der Waals surface area contributed by atoms with Gasteiger partial charge in [0.15, 0.2) is 0 Å². The van der Waals surface area contributed by atoms with E-state index in [1.165, 1.54) is 0 Å². The first-order valence-corrected chi connectivity index (χ1v) is 6.59. The Kier molecular flexibility index (Phi) is 4.33. The van der Waals surface area contributed by atoms with Crippen LogP contribution < -0.4 is 5.32 Å². The minimum Gasteiger partial charge on any atom is -0.321 e. The van der Waals surface area contributed by atoms with Crippen LogP contribution in [0.1, 0.15) is 16.1 Å². The van der Waals surface area contributed by atoms with E-state index in [-0.39, 0.29) is 5.91 Å². The first-order valence-electron chi connectivity index (χ1n) is 5.27. The van der Waals surface area contributed by atoms with E-state index in [0.29, 0.717) is 17.3 Å². The molecule has 1 N–H and O–H groups in total. The van der Waals surface area contributed by atoms with Gasteiger partial charge in [0.05, 0.1) is 0 Å². The Morgan fingerprint density at radius 2 is 2.17 bits per heavy atom. The highest BCUT2D eigenvalue weighted by atomic mass is 79.9. The molecule has 18 heavy (non-hydrogen) atoms. The molecule has 3 nitrogen and oxygen atoms in total. The molecule has 1 aromatic heterocycles. The van der Waals surface area contributed by atoms with E-state index in [1.54, 1.807) is 18.3 Å². The van der Waals surface area contributed by atoms with Gasteiger partial charge in [0.25, 0.3) is 5.91 Å². The Morgan fingerprint density at radius 3 is 2.83 bits per heavy atom. The third kappa shape index (κ3) is 3.31. The molecule has 1 heterocycles. The zero-order valence-corrected chi connectivity index (χ0v) is 11.7. The SMILES string of the molecule is O=C(Nc1cccc(CCl)c1)c1ccc(Br)cn1. The normalized spacial score (nSPS) is 10.1. The monoisotopic (exact) mass is 324 g/mol. The van der Waals surface area contributed by atoms with Crippen LogP contribution in [0.25, 0.3) is 0 Å². The van der Waals surface area contributed by atoms with Gasteiger partial charge < -0.3 is 5.32 Å². The number of hydrogen-bond acceptors (Lipinski definition) is 2. The van der Waals surface area contributed by atoms with Crippen molar-refractivity contribution in [2.75, 3.05) is 5.32 Å². The molecule has 0 fully saturated rings. The summed E-state index contributed by atoms with van der Waals surface area (Å²) in [6.45, 7) is 0. The third-order valence-corrected chi connectivity index (χ3v) is 3.08. The number of alkyl halides is 1. The fourth-order valence-corrected chi connectivity index (χ4v) is 1.84. The van der Waals surface area contributed by atoms with Crippen LogP contribution in [0.3, 0.4) is 0 Å². The molecule has 2 aromatic rings. The highest BCUT2D eigenvalue weighted by molar-refractivity contribution is 9.10. The molecule has 0 aliphatic rings. The Labute approximate surface area is 118 Å². The van der Waals surface area contributed by atoms with Crippen LogP contribution in [0.2, 0.25) is 0 Å². The fraction of sp³-hybridized carbons (Fsp3) is 0.0769. The zero-order chi connectivity index (χ0) is 13.0. The summed E-state index contributed by atoms with van der Waals surface area (Å²) in [5, 5.41) is 2.78. The van der Waals surface area contributed by atoms with Crippen LogP contribution in [0, 0.1) is 0 Å². The Morgan fingerprint density at radius 1 is 1.33 bits per heavy atom. The minimum atomic E-state index is -0.241. The van der Waals surface area contributed by atoms with Crippen LogP contribution in [-0.2, 0) is 5.88 Å². The van der Waals surface area contributed by atoms with Gasteiger partial charge in [0.1, 0.15) is 5.69 Å². The van der Waals surface area contributed by atoms with Gasteiger partial charge in [0.2, 0.25) is 0 Å². The minimum absolute atomic E-state index is 0.241. The molecule has 5 heteroatoms. The number of amides is 1. The fourth-order valence-electron chi connectivity index (χ4n) is 1.44. The second-order valence-electron chi connectivity index (χ2n) is 3.65. The predicted octanol–water partition coefficient (Wildman–Crippen LogP) is 3.84. The molecule has 0 saturated heterocycles. The van der Waals surface area contributed by atoms with E-state index in [9.17, 15) is 4.79 Å². The molecule has 1 amide bonds. The average Bonchev–Trinajstić information content (AvgIpc) is 2.39. The van der Waals surface area contributed by atoms with E-state index in [0.717, 1.165) is 10.0 Å². The number of rotatable bonds is 3. The Bertz CT molecular complexity index is 557. The molecule has 0 saturated carbocycles. The Hall–Kier alpha value is -1.39. The summed E-state index contributed by atoms with van der Waals surface area (Å²) in [6.07, 6.45) is 1.59. The van der Waals surface area contributed by atoms with E-state index >= 15 is 0 Å². The first-order chi connectivity index (χ1) is 8.69. The lowest BCUT2D eigenvalue weighted by Gasteiger charge is -2.05. The van der Waals surface area contributed by atoms with Gasteiger partial charge in [-0.15, -0.1) is 11.6 Å². The summed E-state index contributed by atoms with van der Waals surface area (Å²) in [5.74, 6) is 0.175. The van der Waals surface area contributed by atoms with Crippen LogP contribution in [-0.4, -0.2) is 10.9 Å². The number of nitrogens with one attached hydrogen (secondary N) is 1. The van der Waals surface area contributed by atoms with Crippen molar-refractivity contribution in [3.63, 3.8) is 0 Å². The van der Waals surface area contributed by atoms with Gasteiger partial charge in [0, 0.05) is 22.2 Å². The maximum atomic E-state index is 11.9. The third-order valence-electron chi connectivity index (χ3n) is 2.30. The van der Waals surface area contributed by atoms with Crippen molar-refractivity contribution in [1.29, 1.82) is 0 Å². The summed E-state index contributed by atoms with van der Waals surface area (Å²) in [5.41, 5.74) is 2.04. The second kappa shape index (κ2) is 5.98. The number of halogens is 2. The van der Waals surface area contributed by atoms with Crippen LogP contribution in [0.4, 0.5) is 5.69 Å². The maximum Gasteiger partial charge on any atom is 0.274 e. The molecule has 92 valence electrons. The average molecular weight is 326 g/mol. The summed E-state index contributed by atoms with van der Waals surface area (Å²) < 4.78 is 0.836. The number of carbonyl (C=O) groups is 1. The van der Waals surface area contributed by atoms with E-state index in [1.807, 2.05) is 24.3 Å². The molecular weight excluding hydrogens is 316 g/mol. The molecule has 0 aliphatic heterocycles. The molecule has 0 aliphatic carbocycles. The van der Waals surface area contributed by atoms with E-state index < -0.39 is 0 Å². The standard InChI is InChI=1S/C13H10BrClN2O/c14-10-4-5-12(16-8-10)13(18)17-11-3-1-2-9(6-11)7-15/h1-6,8H,7H2,(H,17,18). The molecule has 0 unspecified atom stereocenters. The number of hydrogen-bond donors (Lipinski definition) is 1. The van der Waals surface area contributed by atoms with Crippen molar-refractivity contribution in [2.24, 2.45) is 0 Å². The van der Waals surface area contributed by atoms with Crippen LogP contribution in [0.15, 0.2) is 47.1 Å². The van der Waals surface area contributed by atoms with Gasteiger partial charge >= 0.3 is 0 Å². The number of aromatic nitrogens is 1. The Balaban J connectivity index is 2.13. The van der Waals surface area contributed by atoms with Gasteiger partial charge in [-0.3, -0.25) is 4.79 Å². The molecule has 0 spiro atoms. The topological polar surface area (TPSA) is 42.0 Å². The smallest absolute Gasteiger partial charge is 0.274 e. The van der Waals surface area contributed by atoms with Crippen molar-refractivity contribution in [2.45, 2.75) is 5.88 Å². The summed E-state index contributed by atoms with van der Waals surface area (Å²) in [4.78, 5) is 15.9. The molecule has 2 rings (SSSR count). The number of anilines is 1. The number of benzene rings is 1.